The Hall–Kier alpha value is -1.71. The zero-order chi connectivity index (χ0) is 14.2. The second-order valence-corrected chi connectivity index (χ2v) is 5.11. The van der Waals surface area contributed by atoms with E-state index >= 15 is 0 Å². The van der Waals surface area contributed by atoms with Gasteiger partial charge in [-0.3, -0.25) is 16.3 Å². The fraction of sp³-hybridized carbons (Fsp3) is 0.353. The van der Waals surface area contributed by atoms with E-state index in [0.717, 1.165) is 35.7 Å². The Bertz CT molecular complexity index is 551. The number of pyridine rings is 1. The minimum atomic E-state index is 0.177. The number of hydrogen-bond acceptors (Lipinski definition) is 3. The average molecular weight is 269 g/mol. The zero-order valence-electron chi connectivity index (χ0n) is 11.9. The van der Waals surface area contributed by atoms with Crippen LogP contribution in [0.2, 0.25) is 0 Å². The van der Waals surface area contributed by atoms with Crippen LogP contribution in [0, 0.1) is 0 Å². The fourth-order valence-corrected chi connectivity index (χ4v) is 2.44. The minimum Gasteiger partial charge on any atom is -0.271 e. The van der Waals surface area contributed by atoms with Gasteiger partial charge in [-0.2, -0.15) is 0 Å². The number of hydrogen-bond donors (Lipinski definition) is 2. The summed E-state index contributed by atoms with van der Waals surface area (Å²) in [6.45, 7) is 3.75. The molecule has 2 aromatic rings. The maximum atomic E-state index is 5.70. The molecule has 0 amide bonds. The molecule has 106 valence electrons. The number of unbranched alkanes of at least 4 members (excludes halogenated alkanes) is 3. The highest BCUT2D eigenvalue weighted by molar-refractivity contribution is 5.78. The van der Waals surface area contributed by atoms with E-state index in [0.29, 0.717) is 0 Å². The monoisotopic (exact) mass is 269 g/mol. The van der Waals surface area contributed by atoms with Gasteiger partial charge in [-0.05, 0) is 37.0 Å². The van der Waals surface area contributed by atoms with Crippen LogP contribution in [-0.4, -0.2) is 4.98 Å². The second-order valence-electron chi connectivity index (χ2n) is 5.11. The Morgan fingerprint density at radius 1 is 1.25 bits per heavy atom. The topological polar surface area (TPSA) is 50.9 Å². The number of nitrogens with zero attached hydrogens (tertiary/aromatic N) is 1. The van der Waals surface area contributed by atoms with Crippen molar-refractivity contribution in [1.29, 1.82) is 0 Å². The van der Waals surface area contributed by atoms with Crippen LogP contribution in [-0.2, 0) is 0 Å². The summed E-state index contributed by atoms with van der Waals surface area (Å²) in [5, 5.41) is 1.16. The normalized spacial score (nSPS) is 12.4. The molecule has 1 heterocycles. The second kappa shape index (κ2) is 7.78. The SMILES string of the molecule is C=CCCCCCC(NN)c1cnc2ccccc2c1. The molecule has 1 unspecified atom stereocenters. The molecule has 0 aliphatic rings. The summed E-state index contributed by atoms with van der Waals surface area (Å²) < 4.78 is 0. The quantitative estimate of drug-likeness (QED) is 0.331. The van der Waals surface area contributed by atoms with E-state index in [1.807, 2.05) is 30.5 Å². The largest absolute Gasteiger partial charge is 0.271 e. The number of rotatable bonds is 8. The van der Waals surface area contributed by atoms with Crippen LogP contribution in [0.4, 0.5) is 0 Å². The molecule has 0 radical (unpaired) electrons. The number of nitrogens with one attached hydrogen (secondary N) is 1. The van der Waals surface area contributed by atoms with Gasteiger partial charge in [0.05, 0.1) is 5.52 Å². The number of fused-ring (bicyclic) bond motifs is 1. The molecule has 0 saturated carbocycles. The standard InChI is InChI=1S/C17H23N3/c1-2-3-4-5-6-11-17(20-18)15-12-14-9-7-8-10-16(14)19-13-15/h2,7-10,12-13,17,20H,1,3-6,11,18H2. The van der Waals surface area contributed by atoms with Crippen LogP contribution in [0.15, 0.2) is 49.2 Å². The third-order valence-electron chi connectivity index (χ3n) is 3.62. The molecular weight excluding hydrogens is 246 g/mol. The lowest BCUT2D eigenvalue weighted by Crippen LogP contribution is -2.28. The van der Waals surface area contributed by atoms with Crippen molar-refractivity contribution in [1.82, 2.24) is 10.4 Å². The van der Waals surface area contributed by atoms with E-state index in [1.54, 1.807) is 0 Å². The molecular formula is C17H23N3. The van der Waals surface area contributed by atoms with Crippen molar-refractivity contribution in [2.45, 2.75) is 38.1 Å². The minimum absolute atomic E-state index is 0.177. The Kier molecular flexibility index (Phi) is 5.71. The van der Waals surface area contributed by atoms with Crippen molar-refractivity contribution in [2.24, 2.45) is 5.84 Å². The van der Waals surface area contributed by atoms with Crippen molar-refractivity contribution in [3.63, 3.8) is 0 Å². The van der Waals surface area contributed by atoms with Crippen LogP contribution in [0.1, 0.15) is 43.7 Å². The Morgan fingerprint density at radius 3 is 2.90 bits per heavy atom. The van der Waals surface area contributed by atoms with Gasteiger partial charge in [-0.1, -0.05) is 37.1 Å². The third-order valence-corrected chi connectivity index (χ3v) is 3.62. The van der Waals surface area contributed by atoms with Gasteiger partial charge >= 0.3 is 0 Å². The van der Waals surface area contributed by atoms with Gasteiger partial charge in [0.15, 0.2) is 0 Å². The molecule has 1 aromatic carbocycles. The molecule has 0 aliphatic carbocycles. The molecule has 0 spiro atoms. The number of allylic oxidation sites excluding steroid dienone is 1. The van der Waals surface area contributed by atoms with Crippen molar-refractivity contribution >= 4 is 10.9 Å². The Labute approximate surface area is 120 Å². The van der Waals surface area contributed by atoms with E-state index in [-0.39, 0.29) is 6.04 Å². The summed E-state index contributed by atoms with van der Waals surface area (Å²) in [5.74, 6) is 5.70. The first kappa shape index (κ1) is 14.7. The lowest BCUT2D eigenvalue weighted by Gasteiger charge is -2.16. The summed E-state index contributed by atoms with van der Waals surface area (Å²) in [6.07, 6.45) is 9.62. The van der Waals surface area contributed by atoms with Gasteiger partial charge in [0.1, 0.15) is 0 Å². The summed E-state index contributed by atoms with van der Waals surface area (Å²) >= 11 is 0. The first-order valence-electron chi connectivity index (χ1n) is 7.27. The molecule has 1 atom stereocenters. The van der Waals surface area contributed by atoms with Crippen molar-refractivity contribution < 1.29 is 0 Å². The van der Waals surface area contributed by atoms with E-state index < -0.39 is 0 Å². The van der Waals surface area contributed by atoms with Gasteiger partial charge < -0.3 is 0 Å². The van der Waals surface area contributed by atoms with Gasteiger partial charge in [0.25, 0.3) is 0 Å². The highest BCUT2D eigenvalue weighted by Crippen LogP contribution is 2.22. The van der Waals surface area contributed by atoms with Crippen molar-refractivity contribution in [2.75, 3.05) is 0 Å². The van der Waals surface area contributed by atoms with E-state index in [4.69, 9.17) is 5.84 Å². The lowest BCUT2D eigenvalue weighted by atomic mass is 10.0. The number of benzene rings is 1. The number of para-hydroxylation sites is 1. The summed E-state index contributed by atoms with van der Waals surface area (Å²) in [5.41, 5.74) is 5.10. The van der Waals surface area contributed by atoms with Crippen LogP contribution in [0.25, 0.3) is 10.9 Å². The lowest BCUT2D eigenvalue weighted by molar-refractivity contribution is 0.483. The van der Waals surface area contributed by atoms with Gasteiger partial charge in [0.2, 0.25) is 0 Å². The van der Waals surface area contributed by atoms with Crippen molar-refractivity contribution in [3.8, 4) is 0 Å². The number of nitrogens with two attached hydrogens (primary N) is 1. The highest BCUT2D eigenvalue weighted by Gasteiger charge is 2.10. The van der Waals surface area contributed by atoms with E-state index in [9.17, 15) is 0 Å². The van der Waals surface area contributed by atoms with E-state index in [2.05, 4.69) is 29.1 Å². The summed E-state index contributed by atoms with van der Waals surface area (Å²) in [4.78, 5) is 4.50. The molecule has 0 bridgehead atoms. The van der Waals surface area contributed by atoms with Gasteiger partial charge in [0, 0.05) is 17.6 Å². The molecule has 1 aromatic heterocycles. The first-order chi connectivity index (χ1) is 9.85. The van der Waals surface area contributed by atoms with E-state index in [1.165, 1.54) is 12.8 Å². The third kappa shape index (κ3) is 3.89. The van der Waals surface area contributed by atoms with Crippen LogP contribution in [0.5, 0.6) is 0 Å². The molecule has 3 heteroatoms. The molecule has 3 N–H and O–H groups in total. The maximum absolute atomic E-state index is 5.70. The average Bonchev–Trinajstić information content (AvgIpc) is 2.50. The van der Waals surface area contributed by atoms with Crippen LogP contribution in [0.3, 0.4) is 0 Å². The number of aromatic nitrogens is 1. The number of hydrazine groups is 1. The Balaban J connectivity index is 1.99. The molecule has 0 aliphatic heterocycles. The highest BCUT2D eigenvalue weighted by atomic mass is 15.2. The smallest absolute Gasteiger partial charge is 0.0702 e. The molecule has 2 rings (SSSR count). The Morgan fingerprint density at radius 2 is 2.10 bits per heavy atom. The molecule has 0 saturated heterocycles. The molecule has 3 nitrogen and oxygen atoms in total. The summed E-state index contributed by atoms with van der Waals surface area (Å²) in [6, 6.07) is 10.5. The predicted octanol–water partition coefficient (Wildman–Crippen LogP) is 3.88. The van der Waals surface area contributed by atoms with Crippen molar-refractivity contribution in [3.05, 3.63) is 54.7 Å². The van der Waals surface area contributed by atoms with Gasteiger partial charge in [-0.25, -0.2) is 0 Å². The molecule has 0 fully saturated rings. The summed E-state index contributed by atoms with van der Waals surface area (Å²) in [7, 11) is 0. The van der Waals surface area contributed by atoms with Gasteiger partial charge in [-0.15, -0.1) is 6.58 Å². The van der Waals surface area contributed by atoms with Crippen LogP contribution >= 0.6 is 0 Å². The zero-order valence-corrected chi connectivity index (χ0v) is 11.9. The van der Waals surface area contributed by atoms with Crippen LogP contribution < -0.4 is 11.3 Å². The fourth-order valence-electron chi connectivity index (χ4n) is 2.44. The maximum Gasteiger partial charge on any atom is 0.0702 e. The molecule has 20 heavy (non-hydrogen) atoms. The first-order valence-corrected chi connectivity index (χ1v) is 7.27. The predicted molar refractivity (Wildman–Crippen MR) is 85.1 cm³/mol.